The Balaban J connectivity index is 1.39. The smallest absolute Gasteiger partial charge is 0.317 e. The van der Waals surface area contributed by atoms with E-state index >= 15 is 0 Å². The quantitative estimate of drug-likeness (QED) is 0.558. The van der Waals surface area contributed by atoms with Crippen molar-refractivity contribution in [2.24, 2.45) is 11.3 Å². The molecule has 1 fully saturated rings. The Bertz CT molecular complexity index is 1050. The number of aromatic nitrogens is 4. The largest absolute Gasteiger partial charge is 0.388 e. The van der Waals surface area contributed by atoms with Crippen molar-refractivity contribution in [1.82, 2.24) is 30.4 Å². The van der Waals surface area contributed by atoms with Gasteiger partial charge >= 0.3 is 6.03 Å². The van der Waals surface area contributed by atoms with Crippen LogP contribution < -0.4 is 5.32 Å². The van der Waals surface area contributed by atoms with E-state index in [0.29, 0.717) is 30.5 Å². The summed E-state index contributed by atoms with van der Waals surface area (Å²) in [4.78, 5) is 22.6. The Morgan fingerprint density at radius 1 is 1.32 bits per heavy atom. The van der Waals surface area contributed by atoms with Gasteiger partial charge in [0, 0.05) is 41.5 Å². The lowest BCUT2D eigenvalue weighted by molar-refractivity contribution is -0.0143. The van der Waals surface area contributed by atoms with Gasteiger partial charge in [0.2, 0.25) is 0 Å². The predicted molar refractivity (Wildman–Crippen MR) is 118 cm³/mol. The maximum atomic E-state index is 12.5. The molecule has 3 N–H and O–H groups in total. The number of halogens is 1. The van der Waals surface area contributed by atoms with E-state index in [2.05, 4.69) is 39.3 Å². The second kappa shape index (κ2) is 8.80. The maximum Gasteiger partial charge on any atom is 0.317 e. The number of hydrogen-bond donors (Lipinski definition) is 3. The van der Waals surface area contributed by atoms with E-state index in [9.17, 15) is 9.90 Å². The van der Waals surface area contributed by atoms with Gasteiger partial charge in [-0.1, -0.05) is 25.4 Å². The third-order valence-corrected chi connectivity index (χ3v) is 6.61. The van der Waals surface area contributed by atoms with Gasteiger partial charge in [-0.3, -0.25) is 5.10 Å². The zero-order valence-corrected chi connectivity index (χ0v) is 18.4. The van der Waals surface area contributed by atoms with E-state index in [1.165, 1.54) is 0 Å². The molecule has 3 heterocycles. The minimum absolute atomic E-state index is 0.113. The van der Waals surface area contributed by atoms with Crippen LogP contribution in [0.15, 0.2) is 36.8 Å². The fourth-order valence-corrected chi connectivity index (χ4v) is 4.64. The van der Waals surface area contributed by atoms with Crippen molar-refractivity contribution < 1.29 is 9.90 Å². The molecule has 2 aromatic heterocycles. The van der Waals surface area contributed by atoms with Gasteiger partial charge in [-0.25, -0.2) is 14.8 Å². The van der Waals surface area contributed by atoms with Gasteiger partial charge in [-0.05, 0) is 42.4 Å². The van der Waals surface area contributed by atoms with Crippen LogP contribution in [0.1, 0.15) is 44.2 Å². The van der Waals surface area contributed by atoms with Crippen molar-refractivity contribution in [1.29, 1.82) is 0 Å². The standard InChI is InChI=1S/C22H27ClN6O2/c1-22(2,20(30)17-11-16(23)10-14-12-27-28-19(14)17)15-4-8-29(9-5-15)21(31)26-13-18-24-6-3-7-25-18/h3,6-7,10-12,15,20,30H,4-5,8-9,13H2,1-2H3,(H,26,31)(H,27,28). The number of carbonyl (C=O) groups is 1. The molecule has 9 heteroatoms. The number of aromatic amines is 1. The first-order valence-corrected chi connectivity index (χ1v) is 10.8. The van der Waals surface area contributed by atoms with Crippen molar-refractivity contribution in [2.45, 2.75) is 39.3 Å². The third kappa shape index (κ3) is 4.50. The molecule has 0 aliphatic carbocycles. The number of piperidine rings is 1. The fourth-order valence-electron chi connectivity index (χ4n) is 4.40. The molecule has 1 aromatic carbocycles. The van der Waals surface area contributed by atoms with Crippen LogP contribution in [0.5, 0.6) is 0 Å². The van der Waals surface area contributed by atoms with Gasteiger partial charge in [-0.15, -0.1) is 0 Å². The molecule has 0 radical (unpaired) electrons. The van der Waals surface area contributed by atoms with Crippen molar-refractivity contribution in [2.75, 3.05) is 13.1 Å². The van der Waals surface area contributed by atoms with Gasteiger partial charge in [0.15, 0.2) is 0 Å². The summed E-state index contributed by atoms with van der Waals surface area (Å²) in [6, 6.07) is 5.27. The minimum Gasteiger partial charge on any atom is -0.388 e. The Labute approximate surface area is 186 Å². The van der Waals surface area contributed by atoms with Crippen LogP contribution in [0.4, 0.5) is 4.79 Å². The highest BCUT2D eigenvalue weighted by Gasteiger charge is 2.40. The summed E-state index contributed by atoms with van der Waals surface area (Å²) in [5.41, 5.74) is 1.17. The Hall–Kier alpha value is -2.71. The van der Waals surface area contributed by atoms with Crippen molar-refractivity contribution in [3.05, 3.63) is 53.2 Å². The first-order chi connectivity index (χ1) is 14.9. The Kier molecular flexibility index (Phi) is 6.11. The van der Waals surface area contributed by atoms with Crippen molar-refractivity contribution in [3.63, 3.8) is 0 Å². The van der Waals surface area contributed by atoms with Crippen LogP contribution in [-0.2, 0) is 6.54 Å². The summed E-state index contributed by atoms with van der Waals surface area (Å²) < 4.78 is 0. The molecule has 2 amide bonds. The van der Waals surface area contributed by atoms with Crippen molar-refractivity contribution >= 4 is 28.5 Å². The van der Waals surface area contributed by atoms with Gasteiger partial charge in [0.25, 0.3) is 0 Å². The summed E-state index contributed by atoms with van der Waals surface area (Å²) >= 11 is 6.28. The first-order valence-electron chi connectivity index (χ1n) is 10.5. The SMILES string of the molecule is CC(C)(C1CCN(C(=O)NCc2ncccn2)CC1)C(O)c1cc(Cl)cc2cn[nH]c12. The molecule has 0 bridgehead atoms. The molecule has 31 heavy (non-hydrogen) atoms. The van der Waals surface area contributed by atoms with E-state index < -0.39 is 11.5 Å². The number of nitrogens with one attached hydrogen (secondary N) is 2. The summed E-state index contributed by atoms with van der Waals surface area (Å²) in [6.07, 6.45) is 5.93. The molecule has 0 spiro atoms. The summed E-state index contributed by atoms with van der Waals surface area (Å²) in [7, 11) is 0. The normalized spacial score (nSPS) is 16.5. The number of benzene rings is 1. The molecule has 0 saturated carbocycles. The van der Waals surface area contributed by atoms with E-state index in [1.807, 2.05) is 17.0 Å². The van der Waals surface area contributed by atoms with E-state index in [-0.39, 0.29) is 11.9 Å². The van der Waals surface area contributed by atoms with Gasteiger partial charge < -0.3 is 15.3 Å². The molecule has 1 aliphatic heterocycles. The number of likely N-dealkylation sites (tertiary alicyclic amines) is 1. The number of amides is 2. The van der Waals surface area contributed by atoms with E-state index in [4.69, 9.17) is 11.6 Å². The number of carbonyl (C=O) groups excluding carboxylic acids is 1. The van der Waals surface area contributed by atoms with Gasteiger partial charge in [-0.2, -0.15) is 5.10 Å². The average molecular weight is 443 g/mol. The van der Waals surface area contributed by atoms with Crippen LogP contribution >= 0.6 is 11.6 Å². The first kappa shape index (κ1) is 21.5. The summed E-state index contributed by atoms with van der Waals surface area (Å²) in [5, 5.41) is 22.7. The van der Waals surface area contributed by atoms with Crippen LogP contribution in [0.25, 0.3) is 10.9 Å². The Morgan fingerprint density at radius 3 is 2.74 bits per heavy atom. The lowest BCUT2D eigenvalue weighted by Gasteiger charge is -2.43. The van der Waals surface area contributed by atoms with Gasteiger partial charge in [0.05, 0.1) is 24.4 Å². The van der Waals surface area contributed by atoms with Crippen LogP contribution in [0.3, 0.4) is 0 Å². The lowest BCUT2D eigenvalue weighted by atomic mass is 9.68. The molecular formula is C22H27ClN6O2. The highest BCUT2D eigenvalue weighted by Crippen LogP contribution is 2.46. The molecule has 8 nitrogen and oxygen atoms in total. The topological polar surface area (TPSA) is 107 Å². The van der Waals surface area contributed by atoms with Crippen LogP contribution in [0, 0.1) is 11.3 Å². The highest BCUT2D eigenvalue weighted by molar-refractivity contribution is 6.31. The summed E-state index contributed by atoms with van der Waals surface area (Å²) in [5.74, 6) is 0.836. The number of aliphatic hydroxyl groups excluding tert-OH is 1. The zero-order chi connectivity index (χ0) is 22.0. The average Bonchev–Trinajstić information content (AvgIpc) is 3.25. The number of fused-ring (bicyclic) bond motifs is 1. The number of urea groups is 1. The molecular weight excluding hydrogens is 416 g/mol. The molecule has 1 unspecified atom stereocenters. The lowest BCUT2D eigenvalue weighted by Crippen LogP contribution is -2.47. The number of rotatable bonds is 5. The maximum absolute atomic E-state index is 12.5. The minimum atomic E-state index is -0.713. The molecule has 4 rings (SSSR count). The second-order valence-electron chi connectivity index (χ2n) is 8.64. The number of hydrogen-bond acceptors (Lipinski definition) is 5. The van der Waals surface area contributed by atoms with Crippen LogP contribution in [-0.4, -0.2) is 49.3 Å². The molecule has 164 valence electrons. The van der Waals surface area contributed by atoms with E-state index in [1.54, 1.807) is 24.7 Å². The third-order valence-electron chi connectivity index (χ3n) is 6.39. The summed E-state index contributed by atoms with van der Waals surface area (Å²) in [6.45, 7) is 5.73. The van der Waals surface area contributed by atoms with Crippen molar-refractivity contribution in [3.8, 4) is 0 Å². The molecule has 1 atom stereocenters. The fraction of sp³-hybridized carbons (Fsp3) is 0.455. The van der Waals surface area contributed by atoms with Crippen LogP contribution in [0.2, 0.25) is 5.02 Å². The number of H-pyrrole nitrogens is 1. The monoisotopic (exact) mass is 442 g/mol. The number of nitrogens with zero attached hydrogens (tertiary/aromatic N) is 4. The zero-order valence-electron chi connectivity index (χ0n) is 17.7. The molecule has 3 aromatic rings. The molecule has 1 aliphatic rings. The Morgan fingerprint density at radius 2 is 2.03 bits per heavy atom. The second-order valence-corrected chi connectivity index (χ2v) is 9.07. The van der Waals surface area contributed by atoms with E-state index in [0.717, 1.165) is 29.3 Å². The molecule has 1 saturated heterocycles. The predicted octanol–water partition coefficient (Wildman–Crippen LogP) is 3.69. The number of aliphatic hydroxyl groups is 1. The van der Waals surface area contributed by atoms with Gasteiger partial charge in [0.1, 0.15) is 5.82 Å². The highest BCUT2D eigenvalue weighted by atomic mass is 35.5.